The van der Waals surface area contributed by atoms with Crippen molar-refractivity contribution in [3.63, 3.8) is 0 Å². The Morgan fingerprint density at radius 1 is 1.38 bits per heavy atom. The molecule has 1 amide bonds. The first-order chi connectivity index (χ1) is 10.0. The molecular formula is C15H17F2NO3. The Labute approximate surface area is 121 Å². The van der Waals surface area contributed by atoms with Crippen molar-refractivity contribution in [1.82, 2.24) is 4.90 Å². The van der Waals surface area contributed by atoms with Gasteiger partial charge in [0.1, 0.15) is 23.3 Å². The summed E-state index contributed by atoms with van der Waals surface area (Å²) in [4.78, 5) is 14.0. The van der Waals surface area contributed by atoms with Gasteiger partial charge >= 0.3 is 0 Å². The monoisotopic (exact) mass is 297 g/mol. The van der Waals surface area contributed by atoms with E-state index in [-0.39, 0.29) is 11.7 Å². The summed E-state index contributed by atoms with van der Waals surface area (Å²) in [6, 6.07) is 2.85. The van der Waals surface area contributed by atoms with E-state index < -0.39 is 23.1 Å². The zero-order valence-electron chi connectivity index (χ0n) is 11.8. The Bertz CT molecular complexity index is 538. The third-order valence-corrected chi connectivity index (χ3v) is 4.25. The number of carbonyl (C=O) groups is 1. The lowest BCUT2D eigenvalue weighted by molar-refractivity contribution is -0.0754. The zero-order valence-corrected chi connectivity index (χ0v) is 11.8. The molecule has 0 aromatic heterocycles. The first kappa shape index (κ1) is 14.4. The molecule has 0 aliphatic carbocycles. The summed E-state index contributed by atoms with van der Waals surface area (Å²) in [5.41, 5.74) is -0.464. The van der Waals surface area contributed by atoms with Gasteiger partial charge in [-0.2, -0.15) is 0 Å². The van der Waals surface area contributed by atoms with Gasteiger partial charge in [0.05, 0.1) is 13.1 Å². The Kier molecular flexibility index (Phi) is 3.67. The predicted molar refractivity (Wildman–Crippen MR) is 71.0 cm³/mol. The summed E-state index contributed by atoms with van der Waals surface area (Å²) >= 11 is 0. The van der Waals surface area contributed by atoms with Gasteiger partial charge in [0.25, 0.3) is 5.91 Å². The first-order valence-electron chi connectivity index (χ1n) is 6.96. The highest BCUT2D eigenvalue weighted by Gasteiger charge is 2.51. The molecule has 1 aromatic carbocycles. The van der Waals surface area contributed by atoms with Crippen LogP contribution in [0.2, 0.25) is 0 Å². The molecule has 1 spiro atoms. The lowest BCUT2D eigenvalue weighted by Gasteiger charge is -2.27. The zero-order chi connectivity index (χ0) is 15.0. The van der Waals surface area contributed by atoms with Crippen LogP contribution in [-0.4, -0.2) is 49.3 Å². The standard InChI is InChI=1S/C15H17F2NO3/c1-20-13-8-18(9-15(13)3-2-4-21-15)14(19)10-5-11(16)7-12(17)6-10/h5-7,13H,2-4,8-9H2,1H3/t13-,15-/m0/s1. The Morgan fingerprint density at radius 3 is 2.67 bits per heavy atom. The van der Waals surface area contributed by atoms with E-state index in [1.807, 2.05) is 0 Å². The van der Waals surface area contributed by atoms with Crippen molar-refractivity contribution in [1.29, 1.82) is 0 Å². The van der Waals surface area contributed by atoms with Crippen molar-refractivity contribution >= 4 is 5.91 Å². The second kappa shape index (κ2) is 5.35. The van der Waals surface area contributed by atoms with Crippen molar-refractivity contribution in [3.8, 4) is 0 Å². The van der Waals surface area contributed by atoms with Gasteiger partial charge in [-0.15, -0.1) is 0 Å². The summed E-state index contributed by atoms with van der Waals surface area (Å²) in [6.07, 6.45) is 1.55. The minimum absolute atomic E-state index is 0.0115. The van der Waals surface area contributed by atoms with Crippen LogP contribution in [-0.2, 0) is 9.47 Å². The van der Waals surface area contributed by atoms with E-state index in [4.69, 9.17) is 9.47 Å². The maximum atomic E-state index is 13.3. The molecule has 2 aliphatic rings. The fourth-order valence-electron chi connectivity index (χ4n) is 3.26. The van der Waals surface area contributed by atoms with E-state index in [0.29, 0.717) is 19.7 Å². The van der Waals surface area contributed by atoms with Gasteiger partial charge in [0, 0.05) is 25.3 Å². The van der Waals surface area contributed by atoms with Crippen LogP contribution in [0.3, 0.4) is 0 Å². The molecular weight excluding hydrogens is 280 g/mol. The van der Waals surface area contributed by atoms with Crippen LogP contribution in [0.15, 0.2) is 18.2 Å². The van der Waals surface area contributed by atoms with Crippen LogP contribution in [0.4, 0.5) is 8.78 Å². The minimum atomic E-state index is -0.757. The normalized spacial score (nSPS) is 28.5. The van der Waals surface area contributed by atoms with Crippen LogP contribution in [0.5, 0.6) is 0 Å². The van der Waals surface area contributed by atoms with Crippen molar-refractivity contribution in [2.75, 3.05) is 26.8 Å². The Balaban J connectivity index is 1.82. The molecule has 114 valence electrons. The lowest BCUT2D eigenvalue weighted by atomic mass is 9.96. The summed E-state index contributed by atoms with van der Waals surface area (Å²) in [5.74, 6) is -1.91. The number of rotatable bonds is 2. The Hall–Kier alpha value is -1.53. The molecule has 3 rings (SSSR count). The average Bonchev–Trinajstić information content (AvgIpc) is 3.05. The van der Waals surface area contributed by atoms with E-state index in [0.717, 1.165) is 31.0 Å². The number of likely N-dealkylation sites (tertiary alicyclic amines) is 1. The first-order valence-corrected chi connectivity index (χ1v) is 6.96. The quantitative estimate of drug-likeness (QED) is 0.838. The summed E-state index contributed by atoms with van der Waals surface area (Å²) in [6.45, 7) is 1.41. The smallest absolute Gasteiger partial charge is 0.254 e. The van der Waals surface area contributed by atoms with Crippen LogP contribution in [0, 0.1) is 11.6 Å². The highest BCUT2D eigenvalue weighted by atomic mass is 19.1. The molecule has 2 aliphatic heterocycles. The van der Waals surface area contributed by atoms with Gasteiger partial charge in [-0.05, 0) is 25.0 Å². The van der Waals surface area contributed by atoms with Crippen molar-refractivity contribution in [2.45, 2.75) is 24.5 Å². The topological polar surface area (TPSA) is 38.8 Å². The van der Waals surface area contributed by atoms with Crippen LogP contribution < -0.4 is 0 Å². The summed E-state index contributed by atoms with van der Waals surface area (Å²) < 4.78 is 37.8. The molecule has 0 N–H and O–H groups in total. The molecule has 1 aromatic rings. The molecule has 2 fully saturated rings. The molecule has 0 saturated carbocycles. The molecule has 0 bridgehead atoms. The van der Waals surface area contributed by atoms with Gasteiger partial charge < -0.3 is 14.4 Å². The predicted octanol–water partition coefficient (Wildman–Crippen LogP) is 1.98. The maximum absolute atomic E-state index is 13.3. The number of amides is 1. The molecule has 0 unspecified atom stereocenters. The maximum Gasteiger partial charge on any atom is 0.254 e. The largest absolute Gasteiger partial charge is 0.377 e. The van der Waals surface area contributed by atoms with E-state index in [9.17, 15) is 13.6 Å². The fourth-order valence-corrected chi connectivity index (χ4v) is 3.26. The SMILES string of the molecule is CO[C@H]1CN(C(=O)c2cc(F)cc(F)c2)C[C@@]12CCCO2. The van der Waals surface area contributed by atoms with Gasteiger partial charge in [0.2, 0.25) is 0 Å². The van der Waals surface area contributed by atoms with Crippen LogP contribution in [0.25, 0.3) is 0 Å². The number of ether oxygens (including phenoxy) is 2. The number of hydrogen-bond acceptors (Lipinski definition) is 3. The van der Waals surface area contributed by atoms with Gasteiger partial charge in [-0.1, -0.05) is 0 Å². The van der Waals surface area contributed by atoms with E-state index in [1.54, 1.807) is 12.0 Å². The van der Waals surface area contributed by atoms with Crippen molar-refractivity contribution in [2.24, 2.45) is 0 Å². The Morgan fingerprint density at radius 2 is 2.10 bits per heavy atom. The van der Waals surface area contributed by atoms with Crippen molar-refractivity contribution < 1.29 is 23.0 Å². The molecule has 6 heteroatoms. The number of benzene rings is 1. The molecule has 2 atom stereocenters. The highest BCUT2D eigenvalue weighted by Crippen LogP contribution is 2.37. The number of methoxy groups -OCH3 is 1. The minimum Gasteiger partial charge on any atom is -0.377 e. The molecule has 0 radical (unpaired) electrons. The van der Waals surface area contributed by atoms with E-state index in [2.05, 4.69) is 0 Å². The number of halogens is 2. The lowest BCUT2D eigenvalue weighted by Crippen LogP contribution is -2.42. The molecule has 4 nitrogen and oxygen atoms in total. The highest BCUT2D eigenvalue weighted by molar-refractivity contribution is 5.94. The summed E-state index contributed by atoms with van der Waals surface area (Å²) in [5, 5.41) is 0. The third kappa shape index (κ3) is 2.53. The van der Waals surface area contributed by atoms with E-state index >= 15 is 0 Å². The second-order valence-corrected chi connectivity index (χ2v) is 5.58. The molecule has 2 saturated heterocycles. The number of hydrogen-bond donors (Lipinski definition) is 0. The van der Waals surface area contributed by atoms with Gasteiger partial charge in [-0.3, -0.25) is 4.79 Å². The molecule has 2 heterocycles. The van der Waals surface area contributed by atoms with Gasteiger partial charge in [-0.25, -0.2) is 8.78 Å². The fraction of sp³-hybridized carbons (Fsp3) is 0.533. The van der Waals surface area contributed by atoms with Crippen molar-refractivity contribution in [3.05, 3.63) is 35.4 Å². The second-order valence-electron chi connectivity index (χ2n) is 5.58. The van der Waals surface area contributed by atoms with Gasteiger partial charge in [0.15, 0.2) is 0 Å². The third-order valence-electron chi connectivity index (χ3n) is 4.25. The average molecular weight is 297 g/mol. The number of carbonyl (C=O) groups excluding carboxylic acids is 1. The number of nitrogens with zero attached hydrogens (tertiary/aromatic N) is 1. The van der Waals surface area contributed by atoms with E-state index in [1.165, 1.54) is 0 Å². The van der Waals surface area contributed by atoms with Crippen LogP contribution >= 0.6 is 0 Å². The van der Waals surface area contributed by atoms with Crippen LogP contribution in [0.1, 0.15) is 23.2 Å². The molecule has 21 heavy (non-hydrogen) atoms. The summed E-state index contributed by atoms with van der Waals surface area (Å²) in [7, 11) is 1.59.